The second-order valence-corrected chi connectivity index (χ2v) is 7.87. The third-order valence-electron chi connectivity index (χ3n) is 4.15. The molecule has 0 radical (unpaired) electrons. The van der Waals surface area contributed by atoms with E-state index in [1.165, 1.54) is 0 Å². The van der Waals surface area contributed by atoms with E-state index in [0.29, 0.717) is 47.4 Å². The topological polar surface area (TPSA) is 142 Å². The highest BCUT2D eigenvalue weighted by Gasteiger charge is 2.22. The first-order chi connectivity index (χ1) is 14.3. The Morgan fingerprint density at radius 1 is 1.30 bits per heavy atom. The molecule has 0 aromatic carbocycles. The molecule has 1 amide bonds. The molecule has 3 heterocycles. The van der Waals surface area contributed by atoms with E-state index in [-0.39, 0.29) is 10.8 Å². The predicted molar refractivity (Wildman–Crippen MR) is 117 cm³/mol. The van der Waals surface area contributed by atoms with Crippen LogP contribution in [0.15, 0.2) is 16.5 Å². The molecule has 0 atom stereocenters. The van der Waals surface area contributed by atoms with Gasteiger partial charge in [-0.05, 0) is 39.6 Å². The van der Waals surface area contributed by atoms with E-state index in [1.54, 1.807) is 0 Å². The number of aromatic nitrogens is 2. The van der Waals surface area contributed by atoms with Crippen molar-refractivity contribution in [3.05, 3.63) is 17.9 Å². The number of primary amides is 1. The van der Waals surface area contributed by atoms with Gasteiger partial charge in [-0.2, -0.15) is 0 Å². The minimum absolute atomic E-state index is 0.183. The van der Waals surface area contributed by atoms with E-state index in [0.717, 1.165) is 30.1 Å². The minimum atomic E-state index is -0.941. The van der Waals surface area contributed by atoms with E-state index >= 15 is 0 Å². The second-order valence-electron chi connectivity index (χ2n) is 6.91. The molecule has 0 aliphatic carbocycles. The normalized spacial score (nSPS) is 11.3. The summed E-state index contributed by atoms with van der Waals surface area (Å²) in [4.78, 5) is 22.9. The Kier molecular flexibility index (Phi) is 7.08. The fraction of sp³-hybridized carbons (Fsp3) is 0.421. The van der Waals surface area contributed by atoms with Gasteiger partial charge in [0.15, 0.2) is 5.76 Å². The number of rotatable bonds is 10. The molecular formula is C19H26N6O4S. The molecule has 0 fully saturated rings. The van der Waals surface area contributed by atoms with Crippen LogP contribution in [0.5, 0.6) is 5.06 Å². The van der Waals surface area contributed by atoms with Gasteiger partial charge < -0.3 is 35.6 Å². The smallest absolute Gasteiger partial charge is 0.410 e. The van der Waals surface area contributed by atoms with Gasteiger partial charge in [0.25, 0.3) is 0 Å². The predicted octanol–water partition coefficient (Wildman–Crippen LogP) is 2.68. The van der Waals surface area contributed by atoms with Gasteiger partial charge in [-0.3, -0.25) is 0 Å². The van der Waals surface area contributed by atoms with Crippen molar-refractivity contribution in [3.8, 4) is 16.5 Å². The number of aryl methyl sites for hydroxylation is 1. The zero-order valence-corrected chi connectivity index (χ0v) is 18.0. The number of hydrogen-bond donors (Lipinski definition) is 3. The average Bonchev–Trinajstić information content (AvgIpc) is 3.23. The van der Waals surface area contributed by atoms with Crippen LogP contribution in [0.25, 0.3) is 21.7 Å². The van der Waals surface area contributed by atoms with E-state index < -0.39 is 6.09 Å². The maximum atomic E-state index is 11.2. The lowest BCUT2D eigenvalue weighted by molar-refractivity contribution is 0.117. The lowest BCUT2D eigenvalue weighted by Gasteiger charge is -2.10. The Balaban J connectivity index is 1.79. The highest BCUT2D eigenvalue weighted by Crippen LogP contribution is 2.43. The highest BCUT2D eigenvalue weighted by molar-refractivity contribution is 7.21. The number of nitrogen functional groups attached to an aromatic ring is 1. The van der Waals surface area contributed by atoms with E-state index in [4.69, 9.17) is 25.4 Å². The van der Waals surface area contributed by atoms with Crippen LogP contribution in [0.3, 0.4) is 0 Å². The molecule has 0 spiro atoms. The number of carbonyl (C=O) groups excluding carboxylic acids is 1. The number of carbonyl (C=O) groups is 1. The molecule has 0 bridgehead atoms. The third-order valence-corrected chi connectivity index (χ3v) is 5.13. The summed E-state index contributed by atoms with van der Waals surface area (Å²) in [6, 6.07) is 3.65. The number of nitrogens with two attached hydrogens (primary N) is 2. The fourth-order valence-corrected chi connectivity index (χ4v) is 3.66. The summed E-state index contributed by atoms with van der Waals surface area (Å²) in [7, 11) is 4.02. The number of amides is 1. The molecule has 3 rings (SSSR count). The molecule has 3 aromatic heterocycles. The number of thiophene rings is 1. The van der Waals surface area contributed by atoms with Gasteiger partial charge in [0.2, 0.25) is 11.0 Å². The Morgan fingerprint density at radius 3 is 2.77 bits per heavy atom. The van der Waals surface area contributed by atoms with Crippen LogP contribution in [0.2, 0.25) is 0 Å². The number of nitrogens with one attached hydrogen (secondary N) is 1. The molecular weight excluding hydrogens is 408 g/mol. The number of nitrogens with zero attached hydrogens (tertiary/aromatic N) is 3. The van der Waals surface area contributed by atoms with Crippen LogP contribution < -0.4 is 21.5 Å². The van der Waals surface area contributed by atoms with Crippen LogP contribution >= 0.6 is 11.3 Å². The lowest BCUT2D eigenvalue weighted by Crippen LogP contribution is -2.18. The molecule has 5 N–H and O–H groups in total. The van der Waals surface area contributed by atoms with E-state index in [2.05, 4.69) is 20.2 Å². The van der Waals surface area contributed by atoms with Gasteiger partial charge in [0.05, 0.1) is 17.7 Å². The molecule has 11 heteroatoms. The van der Waals surface area contributed by atoms with Gasteiger partial charge >= 0.3 is 6.09 Å². The molecule has 0 aliphatic heterocycles. The van der Waals surface area contributed by atoms with Crippen LogP contribution in [0, 0.1) is 6.92 Å². The largest absolute Gasteiger partial charge is 0.460 e. The van der Waals surface area contributed by atoms with Gasteiger partial charge in [0, 0.05) is 19.7 Å². The van der Waals surface area contributed by atoms with Crippen molar-refractivity contribution in [2.75, 3.05) is 51.4 Å². The van der Waals surface area contributed by atoms with Crippen LogP contribution in [-0.4, -0.2) is 61.4 Å². The van der Waals surface area contributed by atoms with Crippen molar-refractivity contribution in [1.29, 1.82) is 0 Å². The SMILES string of the molecule is Cc1ccc(-c2nc(NCCCOCCN(C)C)nc3sc(OC(N)=O)c(N)c23)o1. The van der Waals surface area contributed by atoms with Crippen molar-refractivity contribution < 1.29 is 18.7 Å². The molecule has 0 saturated heterocycles. The molecule has 3 aromatic rings. The number of fused-ring (bicyclic) bond motifs is 1. The van der Waals surface area contributed by atoms with Gasteiger partial charge in [-0.15, -0.1) is 0 Å². The zero-order valence-electron chi connectivity index (χ0n) is 17.2. The molecule has 10 nitrogen and oxygen atoms in total. The number of likely N-dealkylation sites (N-methyl/N-ethyl adjacent to an activating group) is 1. The summed E-state index contributed by atoms with van der Waals surface area (Å²) in [5.74, 6) is 1.71. The zero-order chi connectivity index (χ0) is 21.7. The van der Waals surface area contributed by atoms with Crippen LogP contribution in [0.1, 0.15) is 12.2 Å². The molecule has 162 valence electrons. The molecule has 30 heavy (non-hydrogen) atoms. The first-order valence-electron chi connectivity index (χ1n) is 9.45. The Labute approximate surface area is 178 Å². The van der Waals surface area contributed by atoms with Crippen molar-refractivity contribution in [1.82, 2.24) is 14.9 Å². The summed E-state index contributed by atoms with van der Waals surface area (Å²) in [5, 5.41) is 3.94. The molecule has 0 saturated carbocycles. The third kappa shape index (κ3) is 5.38. The lowest BCUT2D eigenvalue weighted by atomic mass is 10.2. The standard InChI is InChI=1S/C19H26N6O4S/c1-11-5-6-12(28-11)15-13-14(20)17(29-18(21)26)30-16(13)24-19(23-15)22-7-4-9-27-10-8-25(2)3/h5-6H,4,7-10,20H2,1-3H3,(H2,21,26)(H,22,23,24). The van der Waals surface area contributed by atoms with Crippen LogP contribution in [-0.2, 0) is 4.74 Å². The van der Waals surface area contributed by atoms with Crippen molar-refractivity contribution >= 4 is 39.3 Å². The monoisotopic (exact) mass is 434 g/mol. The van der Waals surface area contributed by atoms with Crippen molar-refractivity contribution in [2.24, 2.45) is 5.73 Å². The van der Waals surface area contributed by atoms with Crippen LogP contribution in [0.4, 0.5) is 16.4 Å². The Morgan fingerprint density at radius 2 is 2.10 bits per heavy atom. The summed E-state index contributed by atoms with van der Waals surface area (Å²) >= 11 is 1.12. The summed E-state index contributed by atoms with van der Waals surface area (Å²) in [5.41, 5.74) is 12.1. The highest BCUT2D eigenvalue weighted by atomic mass is 32.1. The maximum Gasteiger partial charge on any atom is 0.410 e. The summed E-state index contributed by atoms with van der Waals surface area (Å²) in [6.07, 6.45) is -0.142. The first kappa shape index (κ1) is 21.8. The van der Waals surface area contributed by atoms with Crippen molar-refractivity contribution in [2.45, 2.75) is 13.3 Å². The summed E-state index contributed by atoms with van der Waals surface area (Å²) < 4.78 is 16.3. The molecule has 0 unspecified atom stereocenters. The first-order valence-corrected chi connectivity index (χ1v) is 10.3. The quantitative estimate of drug-likeness (QED) is 0.410. The molecule has 0 aliphatic rings. The van der Waals surface area contributed by atoms with E-state index in [1.807, 2.05) is 33.2 Å². The number of ether oxygens (including phenoxy) is 2. The number of furan rings is 1. The van der Waals surface area contributed by atoms with Gasteiger partial charge in [-0.1, -0.05) is 11.3 Å². The summed E-state index contributed by atoms with van der Waals surface area (Å²) in [6.45, 7) is 4.69. The minimum Gasteiger partial charge on any atom is -0.460 e. The van der Waals surface area contributed by atoms with Crippen molar-refractivity contribution in [3.63, 3.8) is 0 Å². The van der Waals surface area contributed by atoms with E-state index in [9.17, 15) is 4.79 Å². The maximum absolute atomic E-state index is 11.2. The van der Waals surface area contributed by atoms with Gasteiger partial charge in [0.1, 0.15) is 16.3 Å². The number of anilines is 2. The fourth-order valence-electron chi connectivity index (χ4n) is 2.71. The number of hydrogen-bond acceptors (Lipinski definition) is 10. The Hall–Kier alpha value is -2.89. The van der Waals surface area contributed by atoms with Gasteiger partial charge in [-0.25, -0.2) is 14.8 Å². The Bertz CT molecular complexity index is 1020. The average molecular weight is 435 g/mol. The second kappa shape index (κ2) is 9.74.